The van der Waals surface area contributed by atoms with Crippen LogP contribution in [0.5, 0.6) is 0 Å². The van der Waals surface area contributed by atoms with E-state index in [1.54, 1.807) is 24.3 Å². The van der Waals surface area contributed by atoms with Gasteiger partial charge in [-0.2, -0.15) is 0 Å². The van der Waals surface area contributed by atoms with Gasteiger partial charge in [0.25, 0.3) is 11.8 Å². The van der Waals surface area contributed by atoms with E-state index in [1.807, 2.05) is 41.3 Å². The Morgan fingerprint density at radius 2 is 1.57 bits per heavy atom. The van der Waals surface area contributed by atoms with Gasteiger partial charge in [0.1, 0.15) is 0 Å². The normalized spacial score (nSPS) is 15.0. The lowest BCUT2D eigenvalue weighted by Crippen LogP contribution is -2.35. The van der Waals surface area contributed by atoms with Gasteiger partial charge in [-0.05, 0) is 67.6 Å². The first-order chi connectivity index (χ1) is 14.6. The molecule has 3 aromatic carbocycles. The minimum Gasteiger partial charge on any atom is -0.352 e. The first kappa shape index (κ1) is 19.9. The number of fused-ring (bicyclic) bond motifs is 1. The smallest absolute Gasteiger partial charge is 0.258 e. The summed E-state index contributed by atoms with van der Waals surface area (Å²) in [5.41, 5.74) is 4.62. The Balaban J connectivity index is 1.34. The van der Waals surface area contributed by atoms with Gasteiger partial charge in [0.15, 0.2) is 0 Å². The third-order valence-corrected chi connectivity index (χ3v) is 5.59. The second-order valence-electron chi connectivity index (χ2n) is 7.78. The average molecular weight is 399 g/mol. The Bertz CT molecular complexity index is 1030. The third kappa shape index (κ3) is 4.28. The van der Waals surface area contributed by atoms with Crippen molar-refractivity contribution in [3.05, 3.63) is 101 Å². The Morgan fingerprint density at radius 1 is 0.900 bits per heavy atom. The van der Waals surface area contributed by atoms with Crippen LogP contribution in [-0.2, 0) is 12.8 Å². The zero-order valence-electron chi connectivity index (χ0n) is 17.2. The van der Waals surface area contributed by atoms with E-state index < -0.39 is 0 Å². The number of carbonyl (C=O) groups is 2. The van der Waals surface area contributed by atoms with E-state index in [0.717, 1.165) is 24.9 Å². The molecular weight excluding hydrogens is 372 g/mol. The van der Waals surface area contributed by atoms with Crippen LogP contribution < -0.4 is 10.2 Å². The highest BCUT2D eigenvalue weighted by atomic mass is 16.2. The summed E-state index contributed by atoms with van der Waals surface area (Å²) in [6, 6.07) is 25.4. The van der Waals surface area contributed by atoms with Gasteiger partial charge < -0.3 is 10.2 Å². The van der Waals surface area contributed by atoms with E-state index in [2.05, 4.69) is 30.4 Å². The first-order valence-corrected chi connectivity index (χ1v) is 10.5. The number of anilines is 1. The molecule has 1 aliphatic rings. The molecule has 0 bridgehead atoms. The van der Waals surface area contributed by atoms with Crippen molar-refractivity contribution in [2.45, 2.75) is 32.2 Å². The number of amides is 2. The number of nitrogens with zero attached hydrogens (tertiary/aromatic N) is 1. The fourth-order valence-electron chi connectivity index (χ4n) is 4.02. The molecule has 0 saturated heterocycles. The summed E-state index contributed by atoms with van der Waals surface area (Å²) in [7, 11) is 0. The van der Waals surface area contributed by atoms with Crippen LogP contribution in [0.4, 0.5) is 5.69 Å². The fourth-order valence-corrected chi connectivity index (χ4v) is 4.02. The second kappa shape index (κ2) is 8.95. The lowest BCUT2D eigenvalue weighted by Gasteiger charge is -2.23. The maximum Gasteiger partial charge on any atom is 0.258 e. The highest BCUT2D eigenvalue weighted by Gasteiger charge is 2.31. The number of para-hydroxylation sites is 1. The molecule has 1 atom stereocenters. The van der Waals surface area contributed by atoms with Crippen molar-refractivity contribution in [2.75, 3.05) is 11.4 Å². The summed E-state index contributed by atoms with van der Waals surface area (Å²) < 4.78 is 0. The molecule has 1 heterocycles. The molecule has 0 fully saturated rings. The predicted octanol–water partition coefficient (Wildman–Crippen LogP) is 4.64. The number of rotatable bonds is 6. The standard InChI is InChI=1S/C26H26N2O2/c1-19-18-23-11-5-6-12-24(23)28(19)26(30)22-15-13-21(14-16-22)25(29)27-17-7-10-20-8-3-2-4-9-20/h2-6,8-9,11-16,19H,7,10,17-18H2,1H3,(H,27,29). The quantitative estimate of drug-likeness (QED) is 0.615. The molecule has 0 spiro atoms. The predicted molar refractivity (Wildman–Crippen MR) is 120 cm³/mol. The van der Waals surface area contributed by atoms with Crippen molar-refractivity contribution >= 4 is 17.5 Å². The van der Waals surface area contributed by atoms with Crippen LogP contribution in [-0.4, -0.2) is 24.4 Å². The monoisotopic (exact) mass is 398 g/mol. The Hall–Kier alpha value is -3.40. The van der Waals surface area contributed by atoms with Gasteiger partial charge in [-0.3, -0.25) is 9.59 Å². The minimum atomic E-state index is -0.109. The number of hydrogen-bond donors (Lipinski definition) is 1. The number of aryl methyl sites for hydroxylation is 1. The van der Waals surface area contributed by atoms with E-state index in [0.29, 0.717) is 17.7 Å². The zero-order valence-corrected chi connectivity index (χ0v) is 17.2. The summed E-state index contributed by atoms with van der Waals surface area (Å²) in [6.07, 6.45) is 2.69. The van der Waals surface area contributed by atoms with E-state index in [-0.39, 0.29) is 17.9 Å². The van der Waals surface area contributed by atoms with E-state index in [9.17, 15) is 9.59 Å². The molecule has 0 aliphatic carbocycles. The molecule has 4 heteroatoms. The number of carbonyl (C=O) groups excluding carboxylic acids is 2. The van der Waals surface area contributed by atoms with Crippen LogP contribution >= 0.6 is 0 Å². The van der Waals surface area contributed by atoms with Crippen LogP contribution in [0, 0.1) is 0 Å². The van der Waals surface area contributed by atoms with Crippen LogP contribution in [0.2, 0.25) is 0 Å². The van der Waals surface area contributed by atoms with Crippen molar-refractivity contribution in [1.29, 1.82) is 0 Å². The van der Waals surface area contributed by atoms with Gasteiger partial charge >= 0.3 is 0 Å². The lowest BCUT2D eigenvalue weighted by atomic mass is 10.1. The summed E-state index contributed by atoms with van der Waals surface area (Å²) in [6.45, 7) is 2.69. The van der Waals surface area contributed by atoms with Gasteiger partial charge in [0.2, 0.25) is 0 Å². The topological polar surface area (TPSA) is 49.4 Å². The zero-order chi connectivity index (χ0) is 20.9. The summed E-state index contributed by atoms with van der Waals surface area (Å²) in [5.74, 6) is -0.135. The molecule has 0 aromatic heterocycles. The van der Waals surface area contributed by atoms with Crippen molar-refractivity contribution < 1.29 is 9.59 Å². The lowest BCUT2D eigenvalue weighted by molar-refractivity contribution is 0.0949. The van der Waals surface area contributed by atoms with Crippen LogP contribution in [0.15, 0.2) is 78.9 Å². The summed E-state index contributed by atoms with van der Waals surface area (Å²) >= 11 is 0. The van der Waals surface area contributed by atoms with Crippen molar-refractivity contribution in [2.24, 2.45) is 0 Å². The number of benzene rings is 3. The molecule has 1 aliphatic heterocycles. The molecule has 4 rings (SSSR count). The van der Waals surface area contributed by atoms with Gasteiger partial charge in [-0.1, -0.05) is 48.5 Å². The number of hydrogen-bond acceptors (Lipinski definition) is 2. The van der Waals surface area contributed by atoms with Crippen molar-refractivity contribution in [3.8, 4) is 0 Å². The van der Waals surface area contributed by atoms with Gasteiger partial charge in [0, 0.05) is 29.4 Å². The minimum absolute atomic E-state index is 0.0257. The average Bonchev–Trinajstić information content (AvgIpc) is 3.12. The van der Waals surface area contributed by atoms with E-state index in [4.69, 9.17) is 0 Å². The molecule has 0 radical (unpaired) electrons. The van der Waals surface area contributed by atoms with Gasteiger partial charge in [-0.25, -0.2) is 0 Å². The van der Waals surface area contributed by atoms with E-state index >= 15 is 0 Å². The molecule has 2 amide bonds. The second-order valence-corrected chi connectivity index (χ2v) is 7.78. The molecule has 0 saturated carbocycles. The maximum atomic E-state index is 13.1. The molecule has 1 N–H and O–H groups in total. The van der Waals surface area contributed by atoms with Crippen molar-refractivity contribution in [1.82, 2.24) is 5.32 Å². The Kier molecular flexibility index (Phi) is 5.94. The van der Waals surface area contributed by atoms with E-state index in [1.165, 1.54) is 11.1 Å². The van der Waals surface area contributed by atoms with Crippen LogP contribution in [0.1, 0.15) is 45.2 Å². The molecule has 4 nitrogen and oxygen atoms in total. The fraction of sp³-hybridized carbons (Fsp3) is 0.231. The van der Waals surface area contributed by atoms with Crippen LogP contribution in [0.25, 0.3) is 0 Å². The molecule has 3 aromatic rings. The van der Waals surface area contributed by atoms with Crippen molar-refractivity contribution in [3.63, 3.8) is 0 Å². The van der Waals surface area contributed by atoms with Gasteiger partial charge in [0.05, 0.1) is 0 Å². The molecular formula is C26H26N2O2. The number of nitrogens with one attached hydrogen (secondary N) is 1. The largest absolute Gasteiger partial charge is 0.352 e. The maximum absolute atomic E-state index is 13.1. The third-order valence-electron chi connectivity index (χ3n) is 5.59. The highest BCUT2D eigenvalue weighted by molar-refractivity contribution is 6.08. The van der Waals surface area contributed by atoms with Gasteiger partial charge in [-0.15, -0.1) is 0 Å². The molecule has 1 unspecified atom stereocenters. The Labute approximate surface area is 177 Å². The molecule has 152 valence electrons. The first-order valence-electron chi connectivity index (χ1n) is 10.5. The SMILES string of the molecule is CC1Cc2ccccc2N1C(=O)c1ccc(C(=O)NCCCc2ccccc2)cc1. The van der Waals surface area contributed by atoms with Crippen LogP contribution in [0.3, 0.4) is 0 Å². The summed E-state index contributed by atoms with van der Waals surface area (Å²) in [4.78, 5) is 27.3. The highest BCUT2D eigenvalue weighted by Crippen LogP contribution is 2.33. The summed E-state index contributed by atoms with van der Waals surface area (Å²) in [5, 5.41) is 2.96. The molecule has 30 heavy (non-hydrogen) atoms. The Morgan fingerprint density at radius 3 is 2.33 bits per heavy atom.